The molecule has 0 atom stereocenters. The minimum Gasteiger partial charge on any atom is -0.389 e. The zero-order valence-corrected chi connectivity index (χ0v) is 8.78. The molecule has 3 N–H and O–H groups in total. The van der Waals surface area contributed by atoms with Crippen molar-refractivity contribution >= 4 is 15.9 Å². The number of nitrogens with two attached hydrogens (primary N) is 1. The standard InChI is InChI=1S/C7H6BrF3N2O2/c8-4-1-5(14)13-6(3(4)2-12)15-7(9,10)11/h1H,2,12H2,(H,13,14). The Labute approximate surface area is 90.4 Å². The van der Waals surface area contributed by atoms with Crippen LogP contribution >= 0.6 is 15.9 Å². The topological polar surface area (TPSA) is 68.1 Å². The molecule has 0 spiro atoms. The van der Waals surface area contributed by atoms with E-state index in [4.69, 9.17) is 5.73 Å². The molecule has 0 aliphatic heterocycles. The summed E-state index contributed by atoms with van der Waals surface area (Å²) in [5.74, 6) is -0.690. The van der Waals surface area contributed by atoms with Gasteiger partial charge in [-0.1, -0.05) is 15.9 Å². The number of rotatable bonds is 2. The fourth-order valence-electron chi connectivity index (χ4n) is 0.927. The SMILES string of the molecule is NCc1c(Br)cc(=O)[nH]c1OC(F)(F)F. The molecule has 0 unspecified atom stereocenters. The van der Waals surface area contributed by atoms with Crippen molar-refractivity contribution in [2.24, 2.45) is 5.73 Å². The zero-order valence-electron chi connectivity index (χ0n) is 7.19. The summed E-state index contributed by atoms with van der Waals surface area (Å²) in [7, 11) is 0. The Kier molecular flexibility index (Phi) is 3.40. The lowest BCUT2D eigenvalue weighted by Crippen LogP contribution is -2.22. The molecule has 0 saturated carbocycles. The number of hydrogen-bond donors (Lipinski definition) is 2. The number of pyridine rings is 1. The van der Waals surface area contributed by atoms with E-state index in [0.717, 1.165) is 6.07 Å². The maximum Gasteiger partial charge on any atom is 0.574 e. The Morgan fingerprint density at radius 1 is 1.53 bits per heavy atom. The number of halogens is 4. The average molecular weight is 287 g/mol. The number of aromatic amines is 1. The quantitative estimate of drug-likeness (QED) is 0.866. The fraction of sp³-hybridized carbons (Fsp3) is 0.286. The van der Waals surface area contributed by atoms with Gasteiger partial charge in [0.2, 0.25) is 5.88 Å². The van der Waals surface area contributed by atoms with Crippen LogP contribution in [-0.4, -0.2) is 11.3 Å². The van der Waals surface area contributed by atoms with Gasteiger partial charge in [0, 0.05) is 22.6 Å². The highest BCUT2D eigenvalue weighted by Crippen LogP contribution is 2.27. The second kappa shape index (κ2) is 4.23. The predicted octanol–water partition coefficient (Wildman–Crippen LogP) is 1.49. The van der Waals surface area contributed by atoms with Gasteiger partial charge in [-0.15, -0.1) is 13.2 Å². The molecular formula is C7H6BrF3N2O2. The third-order valence-corrected chi connectivity index (χ3v) is 2.19. The number of aromatic nitrogens is 1. The highest BCUT2D eigenvalue weighted by molar-refractivity contribution is 9.10. The van der Waals surface area contributed by atoms with Crippen molar-refractivity contribution in [3.63, 3.8) is 0 Å². The van der Waals surface area contributed by atoms with Crippen LogP contribution in [0, 0.1) is 0 Å². The van der Waals surface area contributed by atoms with Crippen molar-refractivity contribution in [1.29, 1.82) is 0 Å². The van der Waals surface area contributed by atoms with E-state index in [1.807, 2.05) is 4.98 Å². The molecule has 0 aliphatic rings. The molecule has 1 rings (SSSR count). The Morgan fingerprint density at radius 2 is 2.13 bits per heavy atom. The predicted molar refractivity (Wildman–Crippen MR) is 49.3 cm³/mol. The first-order chi connectivity index (χ1) is 6.83. The second-order valence-corrected chi connectivity index (χ2v) is 3.40. The van der Waals surface area contributed by atoms with Crippen molar-refractivity contribution in [3.8, 4) is 5.88 Å². The lowest BCUT2D eigenvalue weighted by Gasteiger charge is -2.12. The number of alkyl halides is 3. The van der Waals surface area contributed by atoms with Crippen molar-refractivity contribution in [1.82, 2.24) is 4.98 Å². The van der Waals surface area contributed by atoms with E-state index in [2.05, 4.69) is 20.7 Å². The minimum absolute atomic E-state index is 0.0481. The normalized spacial score (nSPS) is 11.5. The number of ether oxygens (including phenoxy) is 1. The number of nitrogens with one attached hydrogen (secondary N) is 1. The van der Waals surface area contributed by atoms with Crippen LogP contribution in [0.25, 0.3) is 0 Å². The highest BCUT2D eigenvalue weighted by atomic mass is 79.9. The first-order valence-corrected chi connectivity index (χ1v) is 4.50. The zero-order chi connectivity index (χ0) is 11.6. The van der Waals surface area contributed by atoms with E-state index in [0.29, 0.717) is 0 Å². The van der Waals surface area contributed by atoms with Crippen LogP contribution < -0.4 is 16.0 Å². The van der Waals surface area contributed by atoms with Gasteiger partial charge in [-0.05, 0) is 0 Å². The first kappa shape index (κ1) is 12.1. The van der Waals surface area contributed by atoms with Gasteiger partial charge in [0.05, 0.1) is 0 Å². The van der Waals surface area contributed by atoms with E-state index < -0.39 is 17.8 Å². The highest BCUT2D eigenvalue weighted by Gasteiger charge is 2.32. The molecule has 0 aliphatic carbocycles. The number of H-pyrrole nitrogens is 1. The molecule has 1 aromatic heterocycles. The molecule has 15 heavy (non-hydrogen) atoms. The first-order valence-electron chi connectivity index (χ1n) is 3.71. The summed E-state index contributed by atoms with van der Waals surface area (Å²) in [4.78, 5) is 12.8. The summed E-state index contributed by atoms with van der Waals surface area (Å²) >= 11 is 2.92. The van der Waals surface area contributed by atoms with Crippen LogP contribution in [-0.2, 0) is 6.54 Å². The lowest BCUT2D eigenvalue weighted by molar-refractivity contribution is -0.276. The summed E-state index contributed by atoms with van der Waals surface area (Å²) in [5.41, 5.74) is 4.56. The summed E-state index contributed by atoms with van der Waals surface area (Å²) < 4.78 is 39.6. The molecule has 4 nitrogen and oxygen atoms in total. The molecule has 8 heteroatoms. The van der Waals surface area contributed by atoms with E-state index in [9.17, 15) is 18.0 Å². The molecule has 0 saturated heterocycles. The molecule has 0 bridgehead atoms. The molecule has 84 valence electrons. The molecule has 1 aromatic rings. The van der Waals surface area contributed by atoms with Gasteiger partial charge in [-0.25, -0.2) is 0 Å². The Hall–Kier alpha value is -1.02. The molecule has 0 aromatic carbocycles. The summed E-state index contributed by atoms with van der Waals surface area (Å²) in [6, 6.07) is 1.07. The van der Waals surface area contributed by atoms with Crippen LogP contribution in [0.4, 0.5) is 13.2 Å². The van der Waals surface area contributed by atoms with Crippen LogP contribution in [0.15, 0.2) is 15.3 Å². The number of hydrogen-bond acceptors (Lipinski definition) is 3. The third kappa shape index (κ3) is 3.24. The molecule has 1 heterocycles. The van der Waals surface area contributed by atoms with Crippen LogP contribution in [0.1, 0.15) is 5.56 Å². The van der Waals surface area contributed by atoms with E-state index in [1.165, 1.54) is 0 Å². The lowest BCUT2D eigenvalue weighted by atomic mass is 10.3. The van der Waals surface area contributed by atoms with Gasteiger partial charge in [0.15, 0.2) is 0 Å². The summed E-state index contributed by atoms with van der Waals surface area (Å²) in [6.07, 6.45) is -4.87. The van der Waals surface area contributed by atoms with Crippen LogP contribution in [0.5, 0.6) is 5.88 Å². The average Bonchev–Trinajstić information content (AvgIpc) is 1.99. The Balaban J connectivity index is 3.21. The maximum atomic E-state index is 11.9. The monoisotopic (exact) mass is 286 g/mol. The Bertz CT molecular complexity index is 416. The van der Waals surface area contributed by atoms with Gasteiger partial charge >= 0.3 is 6.36 Å². The minimum atomic E-state index is -4.87. The van der Waals surface area contributed by atoms with E-state index in [1.54, 1.807) is 0 Å². The molecule has 0 amide bonds. The fourth-order valence-corrected chi connectivity index (χ4v) is 1.48. The van der Waals surface area contributed by atoms with Gasteiger partial charge in [-0.2, -0.15) is 0 Å². The summed E-state index contributed by atoms with van der Waals surface area (Å²) in [6.45, 7) is -0.192. The smallest absolute Gasteiger partial charge is 0.389 e. The third-order valence-electron chi connectivity index (χ3n) is 1.48. The van der Waals surface area contributed by atoms with Crippen LogP contribution in [0.2, 0.25) is 0 Å². The molecule has 0 fully saturated rings. The molecule has 0 radical (unpaired) electrons. The van der Waals surface area contributed by atoms with Crippen molar-refractivity contribution < 1.29 is 17.9 Å². The van der Waals surface area contributed by atoms with Crippen molar-refractivity contribution in [2.45, 2.75) is 12.9 Å². The van der Waals surface area contributed by atoms with Gasteiger partial charge in [0.25, 0.3) is 5.56 Å². The van der Waals surface area contributed by atoms with E-state index >= 15 is 0 Å². The van der Waals surface area contributed by atoms with E-state index in [-0.39, 0.29) is 16.6 Å². The van der Waals surface area contributed by atoms with Crippen molar-refractivity contribution in [2.75, 3.05) is 0 Å². The van der Waals surface area contributed by atoms with Gasteiger partial charge < -0.3 is 10.5 Å². The molecular weight excluding hydrogens is 281 g/mol. The summed E-state index contributed by atoms with van der Waals surface area (Å²) in [5, 5.41) is 0. The second-order valence-electron chi connectivity index (χ2n) is 2.54. The Morgan fingerprint density at radius 3 is 2.60 bits per heavy atom. The maximum absolute atomic E-state index is 11.9. The van der Waals surface area contributed by atoms with Gasteiger partial charge in [-0.3, -0.25) is 9.78 Å². The van der Waals surface area contributed by atoms with Crippen LogP contribution in [0.3, 0.4) is 0 Å². The van der Waals surface area contributed by atoms with Crippen molar-refractivity contribution in [3.05, 3.63) is 26.5 Å². The largest absolute Gasteiger partial charge is 0.574 e. The van der Waals surface area contributed by atoms with Gasteiger partial charge in [0.1, 0.15) is 0 Å².